The van der Waals surface area contributed by atoms with Crippen molar-refractivity contribution >= 4 is 5.78 Å². The van der Waals surface area contributed by atoms with Crippen molar-refractivity contribution < 1.29 is 4.79 Å². The van der Waals surface area contributed by atoms with Crippen molar-refractivity contribution in [2.24, 2.45) is 5.41 Å². The van der Waals surface area contributed by atoms with Gasteiger partial charge in [0.05, 0.1) is 0 Å². The second kappa shape index (κ2) is 4.29. The summed E-state index contributed by atoms with van der Waals surface area (Å²) in [4.78, 5) is 12.0. The molecule has 0 saturated heterocycles. The predicted molar refractivity (Wildman–Crippen MR) is 71.3 cm³/mol. The standard InChI is InChI=1S/C16H22O/c1-5-16(6-2)14(10-15(16)17)13-8-7-11(3)12(4)9-13/h7-9,14H,5-6,10H2,1-4H3. The molecule has 0 aromatic heterocycles. The van der Waals surface area contributed by atoms with Crippen molar-refractivity contribution in [2.45, 2.75) is 52.9 Å². The lowest BCUT2D eigenvalue weighted by molar-refractivity contribution is -0.141. The van der Waals surface area contributed by atoms with E-state index in [4.69, 9.17) is 0 Å². The number of aryl methyl sites for hydroxylation is 2. The Kier molecular flexibility index (Phi) is 3.11. The summed E-state index contributed by atoms with van der Waals surface area (Å²) < 4.78 is 0. The lowest BCUT2D eigenvalue weighted by Gasteiger charge is -2.47. The highest BCUT2D eigenvalue weighted by atomic mass is 16.1. The van der Waals surface area contributed by atoms with E-state index in [2.05, 4.69) is 45.9 Å². The number of rotatable bonds is 3. The number of benzene rings is 1. The minimum atomic E-state index is -0.0678. The van der Waals surface area contributed by atoms with Gasteiger partial charge in [0.15, 0.2) is 0 Å². The van der Waals surface area contributed by atoms with Crippen LogP contribution in [0.5, 0.6) is 0 Å². The molecule has 0 aliphatic heterocycles. The first-order chi connectivity index (χ1) is 8.05. The van der Waals surface area contributed by atoms with Crippen LogP contribution in [-0.2, 0) is 4.79 Å². The maximum Gasteiger partial charge on any atom is 0.140 e. The van der Waals surface area contributed by atoms with Crippen molar-refractivity contribution in [2.75, 3.05) is 0 Å². The van der Waals surface area contributed by atoms with Gasteiger partial charge in [-0.1, -0.05) is 32.0 Å². The van der Waals surface area contributed by atoms with E-state index >= 15 is 0 Å². The largest absolute Gasteiger partial charge is 0.299 e. The van der Waals surface area contributed by atoms with E-state index in [9.17, 15) is 4.79 Å². The third-order valence-corrected chi connectivity index (χ3v) is 4.81. The van der Waals surface area contributed by atoms with Crippen LogP contribution in [0.2, 0.25) is 0 Å². The van der Waals surface area contributed by atoms with E-state index in [1.807, 2.05) is 0 Å². The fraction of sp³-hybridized carbons (Fsp3) is 0.562. The average molecular weight is 230 g/mol. The van der Waals surface area contributed by atoms with Gasteiger partial charge in [0.2, 0.25) is 0 Å². The molecule has 1 aliphatic carbocycles. The van der Waals surface area contributed by atoms with Gasteiger partial charge in [-0.25, -0.2) is 0 Å². The summed E-state index contributed by atoms with van der Waals surface area (Å²) in [5.41, 5.74) is 3.96. The topological polar surface area (TPSA) is 17.1 Å². The minimum absolute atomic E-state index is 0.0678. The molecule has 0 radical (unpaired) electrons. The fourth-order valence-corrected chi connectivity index (χ4v) is 3.20. The monoisotopic (exact) mass is 230 g/mol. The number of ketones is 1. The van der Waals surface area contributed by atoms with Gasteiger partial charge in [0.25, 0.3) is 0 Å². The summed E-state index contributed by atoms with van der Waals surface area (Å²) in [6.45, 7) is 8.58. The number of carbonyl (C=O) groups is 1. The maximum absolute atomic E-state index is 12.0. The van der Waals surface area contributed by atoms with Crippen LogP contribution in [0.4, 0.5) is 0 Å². The van der Waals surface area contributed by atoms with Crippen LogP contribution in [0.25, 0.3) is 0 Å². The molecule has 1 nitrogen and oxygen atoms in total. The van der Waals surface area contributed by atoms with Crippen LogP contribution >= 0.6 is 0 Å². The molecule has 0 bridgehead atoms. The highest BCUT2D eigenvalue weighted by Crippen LogP contribution is 2.54. The summed E-state index contributed by atoms with van der Waals surface area (Å²) >= 11 is 0. The average Bonchev–Trinajstić information content (AvgIpc) is 2.32. The van der Waals surface area contributed by atoms with E-state index in [1.165, 1.54) is 16.7 Å². The Labute approximate surface area is 104 Å². The molecule has 17 heavy (non-hydrogen) atoms. The molecule has 0 N–H and O–H groups in total. The fourth-order valence-electron chi connectivity index (χ4n) is 3.20. The second-order valence-electron chi connectivity index (χ2n) is 5.39. The summed E-state index contributed by atoms with van der Waals surface area (Å²) in [6.07, 6.45) is 2.68. The molecular formula is C16H22O. The van der Waals surface area contributed by atoms with E-state index < -0.39 is 0 Å². The van der Waals surface area contributed by atoms with Crippen LogP contribution in [-0.4, -0.2) is 5.78 Å². The lowest BCUT2D eigenvalue weighted by atomic mass is 9.54. The first kappa shape index (κ1) is 12.3. The van der Waals surface area contributed by atoms with Crippen LogP contribution in [0.1, 0.15) is 55.7 Å². The number of Topliss-reactive ketones (excluding diaryl/α,β-unsaturated/α-hetero) is 1. The highest BCUT2D eigenvalue weighted by molar-refractivity contribution is 5.93. The molecule has 92 valence electrons. The zero-order valence-corrected chi connectivity index (χ0v) is 11.3. The molecule has 0 heterocycles. The smallest absolute Gasteiger partial charge is 0.140 e. The Morgan fingerprint density at radius 2 is 1.82 bits per heavy atom. The molecule has 0 spiro atoms. The Morgan fingerprint density at radius 3 is 2.29 bits per heavy atom. The van der Waals surface area contributed by atoms with Gasteiger partial charge in [-0.3, -0.25) is 4.79 Å². The molecule has 1 fully saturated rings. The summed E-state index contributed by atoms with van der Waals surface area (Å²) in [5.74, 6) is 0.912. The van der Waals surface area contributed by atoms with Crippen molar-refractivity contribution in [3.63, 3.8) is 0 Å². The molecule has 1 aromatic carbocycles. The van der Waals surface area contributed by atoms with E-state index in [-0.39, 0.29) is 5.41 Å². The Morgan fingerprint density at radius 1 is 1.18 bits per heavy atom. The Balaban J connectivity index is 2.35. The zero-order chi connectivity index (χ0) is 12.6. The highest BCUT2D eigenvalue weighted by Gasteiger charge is 2.52. The van der Waals surface area contributed by atoms with Crippen LogP contribution < -0.4 is 0 Å². The van der Waals surface area contributed by atoms with Crippen molar-refractivity contribution in [3.05, 3.63) is 34.9 Å². The molecule has 1 saturated carbocycles. The van der Waals surface area contributed by atoms with Crippen LogP contribution in [0.3, 0.4) is 0 Å². The zero-order valence-electron chi connectivity index (χ0n) is 11.3. The molecule has 1 aliphatic rings. The van der Waals surface area contributed by atoms with Crippen LogP contribution in [0.15, 0.2) is 18.2 Å². The normalized spacial score (nSPS) is 22.4. The Hall–Kier alpha value is -1.11. The first-order valence-electron chi connectivity index (χ1n) is 6.65. The third-order valence-electron chi connectivity index (χ3n) is 4.81. The quantitative estimate of drug-likeness (QED) is 0.761. The van der Waals surface area contributed by atoms with Crippen molar-refractivity contribution in [1.82, 2.24) is 0 Å². The Bertz CT molecular complexity index is 441. The molecular weight excluding hydrogens is 208 g/mol. The number of carbonyl (C=O) groups excluding carboxylic acids is 1. The van der Waals surface area contributed by atoms with E-state index in [0.29, 0.717) is 11.7 Å². The summed E-state index contributed by atoms with van der Waals surface area (Å²) in [6, 6.07) is 6.66. The maximum atomic E-state index is 12.0. The first-order valence-corrected chi connectivity index (χ1v) is 6.65. The van der Waals surface area contributed by atoms with Gasteiger partial charge in [-0.15, -0.1) is 0 Å². The van der Waals surface area contributed by atoms with Gasteiger partial charge in [0, 0.05) is 17.8 Å². The molecule has 2 rings (SSSR count). The SMILES string of the molecule is CCC1(CC)C(=O)CC1c1ccc(C)c(C)c1. The van der Waals surface area contributed by atoms with Gasteiger partial charge in [-0.05, 0) is 43.4 Å². The van der Waals surface area contributed by atoms with Crippen LogP contribution in [0, 0.1) is 19.3 Å². The van der Waals surface area contributed by atoms with Gasteiger partial charge in [0.1, 0.15) is 5.78 Å². The summed E-state index contributed by atoms with van der Waals surface area (Å²) in [5, 5.41) is 0. The number of hydrogen-bond acceptors (Lipinski definition) is 1. The lowest BCUT2D eigenvalue weighted by Crippen LogP contribution is -2.47. The van der Waals surface area contributed by atoms with Crippen molar-refractivity contribution in [3.8, 4) is 0 Å². The molecule has 1 atom stereocenters. The van der Waals surface area contributed by atoms with Gasteiger partial charge < -0.3 is 0 Å². The molecule has 0 amide bonds. The minimum Gasteiger partial charge on any atom is -0.299 e. The predicted octanol–water partition coefficient (Wildman–Crippen LogP) is 4.17. The molecule has 1 aromatic rings. The second-order valence-corrected chi connectivity index (χ2v) is 5.39. The van der Waals surface area contributed by atoms with Gasteiger partial charge in [-0.2, -0.15) is 0 Å². The van der Waals surface area contributed by atoms with Gasteiger partial charge >= 0.3 is 0 Å². The third kappa shape index (κ3) is 1.72. The molecule has 1 unspecified atom stereocenters. The summed E-state index contributed by atoms with van der Waals surface area (Å²) in [7, 11) is 0. The number of hydrogen-bond donors (Lipinski definition) is 0. The van der Waals surface area contributed by atoms with E-state index in [1.54, 1.807) is 0 Å². The van der Waals surface area contributed by atoms with E-state index in [0.717, 1.165) is 19.3 Å². The van der Waals surface area contributed by atoms with Crippen molar-refractivity contribution in [1.29, 1.82) is 0 Å². The molecule has 1 heteroatoms.